The van der Waals surface area contributed by atoms with Crippen LogP contribution in [-0.2, 0) is 19.1 Å². The van der Waals surface area contributed by atoms with Crippen molar-refractivity contribution >= 4 is 11.9 Å². The van der Waals surface area contributed by atoms with E-state index in [2.05, 4.69) is 13.5 Å². The molecule has 3 aliphatic rings. The lowest BCUT2D eigenvalue weighted by Gasteiger charge is -2.40. The number of fused-ring (bicyclic) bond motifs is 2. The molecule has 5 nitrogen and oxygen atoms in total. The van der Waals surface area contributed by atoms with E-state index in [1.807, 2.05) is 0 Å². The number of rotatable bonds is 2. The molecule has 2 aliphatic carbocycles. The molecule has 0 amide bonds. The maximum atomic E-state index is 11.8. The molecule has 1 saturated heterocycles. The highest BCUT2D eigenvalue weighted by Gasteiger charge is 2.59. The fourth-order valence-electron chi connectivity index (χ4n) is 5.02. The first-order valence-electron chi connectivity index (χ1n) is 8.07. The Labute approximate surface area is 130 Å². The second kappa shape index (κ2) is 5.37. The van der Waals surface area contributed by atoms with E-state index in [0.717, 1.165) is 19.3 Å². The first kappa shape index (κ1) is 15.5. The van der Waals surface area contributed by atoms with Gasteiger partial charge in [0.1, 0.15) is 12.2 Å². The molecule has 22 heavy (non-hydrogen) atoms. The molecule has 0 unspecified atom stereocenters. The normalized spacial score (nSPS) is 44.0. The Bertz CT molecular complexity index is 513. The highest BCUT2D eigenvalue weighted by Crippen LogP contribution is 2.57. The van der Waals surface area contributed by atoms with Crippen LogP contribution in [0, 0.1) is 23.2 Å². The number of aliphatic hydroxyl groups is 1. The molecule has 1 heterocycles. The van der Waals surface area contributed by atoms with Gasteiger partial charge in [-0.15, -0.1) is 0 Å². The third-order valence-corrected chi connectivity index (χ3v) is 6.03. The summed E-state index contributed by atoms with van der Waals surface area (Å²) in [4.78, 5) is 23.3. The molecule has 3 rings (SSSR count). The second-order valence-electron chi connectivity index (χ2n) is 7.17. The van der Waals surface area contributed by atoms with Gasteiger partial charge in [0.2, 0.25) is 0 Å². The van der Waals surface area contributed by atoms with Gasteiger partial charge in [0.05, 0.1) is 6.61 Å². The van der Waals surface area contributed by atoms with Gasteiger partial charge in [0.15, 0.2) is 0 Å². The second-order valence-corrected chi connectivity index (χ2v) is 7.17. The lowest BCUT2D eigenvalue weighted by Crippen LogP contribution is -2.44. The summed E-state index contributed by atoms with van der Waals surface area (Å²) in [5, 5.41) is 10.2. The van der Waals surface area contributed by atoms with Crippen LogP contribution in [-0.4, -0.2) is 35.9 Å². The van der Waals surface area contributed by atoms with Crippen LogP contribution in [0.1, 0.15) is 39.5 Å². The summed E-state index contributed by atoms with van der Waals surface area (Å²) >= 11 is 0. The van der Waals surface area contributed by atoms with Crippen LogP contribution < -0.4 is 0 Å². The van der Waals surface area contributed by atoms with Crippen LogP contribution >= 0.6 is 0 Å². The van der Waals surface area contributed by atoms with Crippen molar-refractivity contribution < 1.29 is 24.2 Å². The lowest BCUT2D eigenvalue weighted by molar-refractivity contribution is -0.156. The van der Waals surface area contributed by atoms with Crippen LogP contribution in [0.2, 0.25) is 0 Å². The summed E-state index contributed by atoms with van der Waals surface area (Å²) in [6, 6.07) is 0. The Morgan fingerprint density at radius 1 is 1.50 bits per heavy atom. The number of carbonyl (C=O) groups is 2. The molecule has 0 radical (unpaired) electrons. The van der Waals surface area contributed by atoms with E-state index in [9.17, 15) is 14.7 Å². The van der Waals surface area contributed by atoms with Gasteiger partial charge in [-0.1, -0.05) is 13.5 Å². The predicted octanol–water partition coefficient (Wildman–Crippen LogP) is 1.83. The fraction of sp³-hybridized carbons (Fsp3) is 0.765. The minimum absolute atomic E-state index is 0.0371. The summed E-state index contributed by atoms with van der Waals surface area (Å²) in [5.41, 5.74) is 0.0145. The van der Waals surface area contributed by atoms with Gasteiger partial charge >= 0.3 is 11.9 Å². The molecule has 1 aliphatic heterocycles. The number of esters is 2. The van der Waals surface area contributed by atoms with Gasteiger partial charge in [0.25, 0.3) is 0 Å². The van der Waals surface area contributed by atoms with Crippen molar-refractivity contribution in [2.45, 2.75) is 51.7 Å². The number of hydrogen-bond acceptors (Lipinski definition) is 5. The summed E-state index contributed by atoms with van der Waals surface area (Å²) in [6.07, 6.45) is 2.65. The van der Waals surface area contributed by atoms with Crippen molar-refractivity contribution in [3.05, 3.63) is 12.2 Å². The topological polar surface area (TPSA) is 72.8 Å². The van der Waals surface area contributed by atoms with Crippen LogP contribution in [0.4, 0.5) is 0 Å². The maximum absolute atomic E-state index is 11.8. The highest BCUT2D eigenvalue weighted by atomic mass is 16.6. The minimum atomic E-state index is -0.485. The smallest absolute Gasteiger partial charge is 0.334 e. The molecule has 1 N–H and O–H groups in total. The van der Waals surface area contributed by atoms with Crippen LogP contribution in [0.3, 0.4) is 0 Å². The van der Waals surface area contributed by atoms with Gasteiger partial charge in [-0.25, -0.2) is 4.79 Å². The van der Waals surface area contributed by atoms with E-state index >= 15 is 0 Å². The Morgan fingerprint density at radius 2 is 2.23 bits per heavy atom. The number of carbonyl (C=O) groups excluding carboxylic acids is 2. The standard InChI is InChI=1S/C17H24O5/c1-9-6-14-12(10(2)16(20)22-14)7-17(8-18)13(9)4-5-15(17)21-11(3)19/h9,12-15,18H,2,4-8H2,1,3H3/t9-,12+,13-,14+,15-,17+/m0/s1. The Balaban J connectivity index is 1.97. The third-order valence-electron chi connectivity index (χ3n) is 6.03. The minimum Gasteiger partial charge on any atom is -0.462 e. The molecule has 0 spiro atoms. The molecule has 2 saturated carbocycles. The molecule has 6 atom stereocenters. The average molecular weight is 308 g/mol. The Hall–Kier alpha value is -1.36. The molecule has 0 aromatic carbocycles. The molecule has 122 valence electrons. The van der Waals surface area contributed by atoms with Gasteiger partial charge in [0, 0.05) is 23.8 Å². The van der Waals surface area contributed by atoms with E-state index in [-0.39, 0.29) is 42.6 Å². The molecular weight excluding hydrogens is 284 g/mol. The van der Waals surface area contributed by atoms with Crippen molar-refractivity contribution in [1.82, 2.24) is 0 Å². The molecule has 3 fully saturated rings. The van der Waals surface area contributed by atoms with Gasteiger partial charge in [-0.05, 0) is 37.5 Å². The summed E-state index contributed by atoms with van der Waals surface area (Å²) in [7, 11) is 0. The Morgan fingerprint density at radius 3 is 2.86 bits per heavy atom. The molecular formula is C17H24O5. The predicted molar refractivity (Wildman–Crippen MR) is 78.7 cm³/mol. The SMILES string of the molecule is C=C1C(=O)O[C@@H]2C[C@H](C)[C@@H]3CC[C@H](OC(C)=O)[C@@]3(CO)C[C@H]12. The molecule has 0 aromatic rings. The zero-order chi connectivity index (χ0) is 16.1. The van der Waals surface area contributed by atoms with E-state index < -0.39 is 5.41 Å². The van der Waals surface area contributed by atoms with Crippen LogP contribution in [0.5, 0.6) is 0 Å². The van der Waals surface area contributed by atoms with Crippen molar-refractivity contribution in [1.29, 1.82) is 0 Å². The van der Waals surface area contributed by atoms with E-state index in [1.54, 1.807) is 0 Å². The van der Waals surface area contributed by atoms with Crippen molar-refractivity contribution in [3.63, 3.8) is 0 Å². The average Bonchev–Trinajstić information content (AvgIpc) is 2.88. The van der Waals surface area contributed by atoms with Crippen LogP contribution in [0.25, 0.3) is 0 Å². The summed E-state index contributed by atoms with van der Waals surface area (Å²) < 4.78 is 11.0. The van der Waals surface area contributed by atoms with Crippen molar-refractivity contribution in [2.75, 3.05) is 6.61 Å². The largest absolute Gasteiger partial charge is 0.462 e. The lowest BCUT2D eigenvalue weighted by atomic mass is 9.68. The fourth-order valence-corrected chi connectivity index (χ4v) is 5.02. The first-order chi connectivity index (χ1) is 10.4. The maximum Gasteiger partial charge on any atom is 0.334 e. The zero-order valence-electron chi connectivity index (χ0n) is 13.2. The first-order valence-corrected chi connectivity index (χ1v) is 8.07. The van der Waals surface area contributed by atoms with Crippen molar-refractivity contribution in [2.24, 2.45) is 23.2 Å². The number of aliphatic hydroxyl groups excluding tert-OH is 1. The van der Waals surface area contributed by atoms with E-state index in [1.165, 1.54) is 6.92 Å². The summed E-state index contributed by atoms with van der Waals surface area (Å²) in [6.45, 7) is 7.40. The van der Waals surface area contributed by atoms with Gasteiger partial charge < -0.3 is 14.6 Å². The van der Waals surface area contributed by atoms with Crippen molar-refractivity contribution in [3.8, 4) is 0 Å². The van der Waals surface area contributed by atoms with Crippen LogP contribution in [0.15, 0.2) is 12.2 Å². The highest BCUT2D eigenvalue weighted by molar-refractivity contribution is 5.90. The monoisotopic (exact) mass is 308 g/mol. The zero-order valence-corrected chi connectivity index (χ0v) is 13.2. The Kier molecular flexibility index (Phi) is 3.79. The molecule has 5 heteroatoms. The summed E-state index contributed by atoms with van der Waals surface area (Å²) in [5.74, 6) is -0.135. The number of hydrogen-bond donors (Lipinski definition) is 1. The third kappa shape index (κ3) is 2.18. The molecule has 0 bridgehead atoms. The number of ether oxygens (including phenoxy) is 2. The molecule has 0 aromatic heterocycles. The van der Waals surface area contributed by atoms with E-state index in [4.69, 9.17) is 9.47 Å². The van der Waals surface area contributed by atoms with Gasteiger partial charge in [-0.3, -0.25) is 4.79 Å². The van der Waals surface area contributed by atoms with Gasteiger partial charge in [-0.2, -0.15) is 0 Å². The quantitative estimate of drug-likeness (QED) is 0.622. The van der Waals surface area contributed by atoms with E-state index in [0.29, 0.717) is 17.9 Å².